The molecule has 6 aromatic carbocycles. The summed E-state index contributed by atoms with van der Waals surface area (Å²) < 4.78 is 0. The lowest BCUT2D eigenvalue weighted by molar-refractivity contribution is 0.636. The molecule has 6 aromatic rings. The van der Waals surface area contributed by atoms with Crippen LogP contribution < -0.4 is 0 Å². The van der Waals surface area contributed by atoms with E-state index in [1.165, 1.54) is 88.3 Å². The van der Waals surface area contributed by atoms with E-state index in [0.717, 1.165) is 12.8 Å². The Labute approximate surface area is 255 Å². The second-order valence-corrected chi connectivity index (χ2v) is 13.0. The largest absolute Gasteiger partial charge is 0.0616 e. The highest BCUT2D eigenvalue weighted by atomic mass is 14.4. The zero-order valence-electron chi connectivity index (χ0n) is 25.5. The van der Waals surface area contributed by atoms with Gasteiger partial charge in [-0.2, -0.15) is 0 Å². The van der Waals surface area contributed by atoms with Gasteiger partial charge in [-0.3, -0.25) is 0 Å². The second kappa shape index (κ2) is 9.68. The quantitative estimate of drug-likeness (QED) is 0.204. The Morgan fingerprint density at radius 2 is 0.837 bits per heavy atom. The lowest BCUT2D eigenvalue weighted by Crippen LogP contribution is -2.23. The van der Waals surface area contributed by atoms with E-state index in [1.54, 1.807) is 0 Å². The number of fused-ring (bicyclic) bond motifs is 4. The standard InChI is InChI=1S/C43H36/c1-27-25-31-17-11-23-37(41(31)39(27)35-21-9-15-29-13-5-7-19-33(29)35)43(3,4)38-24-12-18-32-26-28(2)40(42(32)38)36-22-10-16-30-14-6-8-20-34(30)36/h5-24H,25-26H2,1-4H3. The van der Waals surface area contributed by atoms with Gasteiger partial charge in [0.25, 0.3) is 0 Å². The zero-order valence-corrected chi connectivity index (χ0v) is 25.5. The Hall–Kier alpha value is -4.68. The third-order valence-electron chi connectivity index (χ3n) is 10.0. The summed E-state index contributed by atoms with van der Waals surface area (Å²) in [7, 11) is 0. The van der Waals surface area contributed by atoms with Gasteiger partial charge in [-0.05, 0) is 104 Å². The van der Waals surface area contributed by atoms with Crippen LogP contribution in [0.25, 0.3) is 32.7 Å². The number of hydrogen-bond donors (Lipinski definition) is 0. The van der Waals surface area contributed by atoms with Gasteiger partial charge in [0.05, 0.1) is 0 Å². The van der Waals surface area contributed by atoms with E-state index >= 15 is 0 Å². The Balaban J connectivity index is 1.35. The van der Waals surface area contributed by atoms with E-state index in [2.05, 4.69) is 149 Å². The first-order chi connectivity index (χ1) is 20.9. The highest BCUT2D eigenvalue weighted by Crippen LogP contribution is 2.50. The predicted octanol–water partition coefficient (Wildman–Crippen LogP) is 11.1. The maximum absolute atomic E-state index is 2.45. The highest BCUT2D eigenvalue weighted by Gasteiger charge is 2.36. The second-order valence-electron chi connectivity index (χ2n) is 13.0. The normalized spacial score (nSPS) is 14.6. The van der Waals surface area contributed by atoms with Crippen molar-refractivity contribution in [2.45, 2.75) is 46.0 Å². The molecule has 0 aromatic heterocycles. The first-order valence-electron chi connectivity index (χ1n) is 15.5. The minimum Gasteiger partial charge on any atom is -0.0616 e. The van der Waals surface area contributed by atoms with Gasteiger partial charge in [-0.1, -0.05) is 146 Å². The predicted molar refractivity (Wildman–Crippen MR) is 184 cm³/mol. The van der Waals surface area contributed by atoms with Gasteiger partial charge in [-0.25, -0.2) is 0 Å². The van der Waals surface area contributed by atoms with E-state index in [0.29, 0.717) is 0 Å². The van der Waals surface area contributed by atoms with Crippen LogP contribution in [-0.4, -0.2) is 0 Å². The van der Waals surface area contributed by atoms with Gasteiger partial charge in [-0.15, -0.1) is 0 Å². The molecule has 43 heavy (non-hydrogen) atoms. The fraction of sp³-hybridized carbons (Fsp3) is 0.163. The number of hydrogen-bond acceptors (Lipinski definition) is 0. The monoisotopic (exact) mass is 552 g/mol. The van der Waals surface area contributed by atoms with E-state index in [-0.39, 0.29) is 5.41 Å². The summed E-state index contributed by atoms with van der Waals surface area (Å²) in [6.07, 6.45) is 2.01. The molecule has 0 nitrogen and oxygen atoms in total. The van der Waals surface area contributed by atoms with Crippen LogP contribution in [-0.2, 0) is 18.3 Å². The van der Waals surface area contributed by atoms with Crippen LogP contribution >= 0.6 is 0 Å². The Bertz CT molecular complexity index is 2000. The molecule has 0 spiro atoms. The Morgan fingerprint density at radius 3 is 1.30 bits per heavy atom. The molecule has 0 saturated heterocycles. The van der Waals surface area contributed by atoms with Crippen molar-refractivity contribution in [2.75, 3.05) is 0 Å². The number of benzene rings is 6. The van der Waals surface area contributed by atoms with Crippen molar-refractivity contribution in [1.82, 2.24) is 0 Å². The summed E-state index contributed by atoms with van der Waals surface area (Å²) >= 11 is 0. The summed E-state index contributed by atoms with van der Waals surface area (Å²) in [6.45, 7) is 9.56. The van der Waals surface area contributed by atoms with E-state index in [9.17, 15) is 0 Å². The average molecular weight is 553 g/mol. The molecule has 208 valence electrons. The Morgan fingerprint density at radius 1 is 0.442 bits per heavy atom. The van der Waals surface area contributed by atoms with Crippen molar-refractivity contribution in [1.29, 1.82) is 0 Å². The molecule has 0 atom stereocenters. The van der Waals surface area contributed by atoms with Gasteiger partial charge in [0, 0.05) is 5.41 Å². The number of allylic oxidation sites excluding steroid dienone is 2. The molecule has 0 saturated carbocycles. The smallest absolute Gasteiger partial charge is 0.0159 e. The van der Waals surface area contributed by atoms with Gasteiger partial charge in [0.1, 0.15) is 0 Å². The topological polar surface area (TPSA) is 0 Å². The minimum atomic E-state index is -0.211. The molecule has 2 aliphatic carbocycles. The van der Waals surface area contributed by atoms with Crippen LogP contribution in [0.3, 0.4) is 0 Å². The summed E-state index contributed by atoms with van der Waals surface area (Å²) in [5.74, 6) is 0. The molecule has 0 heterocycles. The third-order valence-corrected chi connectivity index (χ3v) is 10.0. The lowest BCUT2D eigenvalue weighted by Gasteiger charge is -2.32. The van der Waals surface area contributed by atoms with Crippen molar-refractivity contribution < 1.29 is 0 Å². The summed E-state index contributed by atoms with van der Waals surface area (Å²) in [6, 6.07) is 45.3. The Kier molecular flexibility index (Phi) is 5.85. The molecule has 0 heteroatoms. The van der Waals surface area contributed by atoms with Gasteiger partial charge < -0.3 is 0 Å². The summed E-state index contributed by atoms with van der Waals surface area (Å²) in [4.78, 5) is 0. The average Bonchev–Trinajstić information content (AvgIpc) is 3.55. The summed E-state index contributed by atoms with van der Waals surface area (Å²) in [5.41, 5.74) is 16.8. The van der Waals surface area contributed by atoms with Gasteiger partial charge in [0.2, 0.25) is 0 Å². The van der Waals surface area contributed by atoms with Crippen LogP contribution in [0.1, 0.15) is 72.2 Å². The molecule has 2 aliphatic rings. The SMILES string of the molecule is CC1=C(c2cccc3ccccc23)c2c(cccc2C(C)(C)c2cccc3c2C(c2cccc4ccccc24)=C(C)C3)C1. The fourth-order valence-electron chi connectivity index (χ4n) is 8.06. The lowest BCUT2D eigenvalue weighted by atomic mass is 9.71. The molecule has 8 rings (SSSR count). The van der Waals surface area contributed by atoms with Crippen molar-refractivity contribution in [3.63, 3.8) is 0 Å². The van der Waals surface area contributed by atoms with E-state index in [1.807, 2.05) is 0 Å². The molecule has 0 fully saturated rings. The third kappa shape index (κ3) is 3.90. The number of rotatable bonds is 4. The van der Waals surface area contributed by atoms with E-state index in [4.69, 9.17) is 0 Å². The van der Waals surface area contributed by atoms with Crippen molar-refractivity contribution in [3.8, 4) is 0 Å². The van der Waals surface area contributed by atoms with Crippen LogP contribution in [0.15, 0.2) is 132 Å². The molecular weight excluding hydrogens is 516 g/mol. The van der Waals surface area contributed by atoms with Gasteiger partial charge in [0.15, 0.2) is 0 Å². The van der Waals surface area contributed by atoms with Crippen molar-refractivity contribution in [2.24, 2.45) is 0 Å². The van der Waals surface area contributed by atoms with Crippen LogP contribution in [0.2, 0.25) is 0 Å². The van der Waals surface area contributed by atoms with Crippen molar-refractivity contribution >= 4 is 32.7 Å². The molecule has 0 amide bonds. The molecule has 0 unspecified atom stereocenters. The molecule has 0 radical (unpaired) electrons. The zero-order chi connectivity index (χ0) is 29.3. The first kappa shape index (κ1) is 26.0. The maximum atomic E-state index is 2.45. The van der Waals surface area contributed by atoms with Crippen molar-refractivity contribution in [3.05, 3.63) is 177 Å². The van der Waals surface area contributed by atoms with Crippen LogP contribution in [0.4, 0.5) is 0 Å². The molecular formula is C43H36. The van der Waals surface area contributed by atoms with E-state index < -0.39 is 0 Å². The molecule has 0 N–H and O–H groups in total. The minimum absolute atomic E-state index is 0.211. The van der Waals surface area contributed by atoms with Crippen LogP contribution in [0, 0.1) is 0 Å². The first-order valence-corrected chi connectivity index (χ1v) is 15.5. The fourth-order valence-corrected chi connectivity index (χ4v) is 8.06. The summed E-state index contributed by atoms with van der Waals surface area (Å²) in [5, 5.41) is 5.26. The maximum Gasteiger partial charge on any atom is 0.0159 e. The molecule has 0 bridgehead atoms. The highest BCUT2D eigenvalue weighted by molar-refractivity contribution is 6.03. The van der Waals surface area contributed by atoms with Crippen LogP contribution in [0.5, 0.6) is 0 Å². The van der Waals surface area contributed by atoms with Gasteiger partial charge >= 0.3 is 0 Å². The molecule has 0 aliphatic heterocycles.